The molecule has 4 rings (SSSR count). The summed E-state index contributed by atoms with van der Waals surface area (Å²) in [5, 5.41) is 19.4. The van der Waals surface area contributed by atoms with Crippen LogP contribution in [-0.4, -0.2) is 53.3 Å². The Hall–Kier alpha value is -3.75. The van der Waals surface area contributed by atoms with Crippen molar-refractivity contribution < 1.29 is 22.8 Å². The van der Waals surface area contributed by atoms with Gasteiger partial charge in [0.2, 0.25) is 0 Å². The summed E-state index contributed by atoms with van der Waals surface area (Å²) >= 11 is 18.6. The van der Waals surface area contributed by atoms with Crippen LogP contribution in [0.2, 0.25) is 15.1 Å². The third-order valence-electron chi connectivity index (χ3n) is 4.82. The van der Waals surface area contributed by atoms with E-state index in [0.29, 0.717) is 11.3 Å². The molecule has 11 nitrogen and oxygen atoms in total. The first-order valence-corrected chi connectivity index (χ1v) is 11.7. The number of hydrogen-bond donors (Lipinski definition) is 2. The second-order valence-electron chi connectivity index (χ2n) is 7.51. The number of halogens is 6. The van der Waals surface area contributed by atoms with Gasteiger partial charge in [0.25, 0.3) is 17.6 Å². The monoisotopic (exact) mass is 587 g/mol. The molecule has 0 aliphatic heterocycles. The Kier molecular flexibility index (Phi) is 7.85. The molecule has 0 aliphatic rings. The van der Waals surface area contributed by atoms with Crippen LogP contribution in [0.15, 0.2) is 36.5 Å². The molecule has 0 spiro atoms. The molecule has 3 heterocycles. The fraction of sp³-hybridized carbons (Fsp3) is 0.190. The summed E-state index contributed by atoms with van der Waals surface area (Å²) in [5.41, 5.74) is -0.0775. The molecule has 0 bridgehead atoms. The second kappa shape index (κ2) is 10.9. The molecule has 0 unspecified atom stereocenters. The number of carbonyl (C=O) groups is 2. The summed E-state index contributed by atoms with van der Waals surface area (Å²) in [6.45, 7) is 1.64. The van der Waals surface area contributed by atoms with Crippen LogP contribution >= 0.6 is 34.8 Å². The number of nitrogens with zero attached hydrogens (tertiary/aromatic N) is 7. The summed E-state index contributed by atoms with van der Waals surface area (Å²) in [6, 6.07) is 7.01. The van der Waals surface area contributed by atoms with Crippen molar-refractivity contribution in [3.63, 3.8) is 0 Å². The predicted octanol–water partition coefficient (Wildman–Crippen LogP) is 4.28. The molecule has 1 aromatic carbocycles. The number of nitrogens with one attached hydrogen (secondary N) is 2. The van der Waals surface area contributed by atoms with Gasteiger partial charge in [-0.3, -0.25) is 9.59 Å². The highest BCUT2D eigenvalue weighted by Gasteiger charge is 2.37. The normalized spacial score (nSPS) is 11.4. The molecule has 0 radical (unpaired) electrons. The number of benzene rings is 1. The van der Waals surface area contributed by atoms with Gasteiger partial charge in [0.1, 0.15) is 12.2 Å². The van der Waals surface area contributed by atoms with E-state index in [9.17, 15) is 22.8 Å². The fourth-order valence-electron chi connectivity index (χ4n) is 3.25. The predicted molar refractivity (Wildman–Crippen MR) is 131 cm³/mol. The van der Waals surface area contributed by atoms with Gasteiger partial charge in [-0.1, -0.05) is 34.8 Å². The number of alkyl halides is 3. The maximum atomic E-state index is 13.4. The van der Waals surface area contributed by atoms with Crippen LogP contribution in [-0.2, 0) is 12.7 Å². The van der Waals surface area contributed by atoms with Gasteiger partial charge in [-0.15, -0.1) is 10.2 Å². The van der Waals surface area contributed by atoms with E-state index < -0.39 is 23.8 Å². The number of pyridine rings is 1. The Morgan fingerprint density at radius 1 is 1.05 bits per heavy atom. The SMILES string of the molecule is CCNC(=O)c1cc(Cl)cc(Cl)c1NC(=O)c1cc(Cn2nnc(C(F)(F)F)n2)nn1-c1ncccc1Cl. The van der Waals surface area contributed by atoms with Crippen molar-refractivity contribution >= 4 is 52.3 Å². The standard InChI is InChI=1S/C21H15Cl3F3N9O2/c1-2-28-18(37)12-6-10(22)7-14(24)16(12)30-19(38)15-8-11(9-35-33-20(31-34-35)21(25,26)27)32-36(15)17-13(23)4-3-5-29-17/h3-8H,2,9H2,1H3,(H,28,37)(H,30,38). The fourth-order valence-corrected chi connectivity index (χ4v) is 3.99. The molecule has 4 aromatic rings. The Morgan fingerprint density at radius 2 is 1.82 bits per heavy atom. The van der Waals surface area contributed by atoms with Gasteiger partial charge >= 0.3 is 6.18 Å². The highest BCUT2D eigenvalue weighted by atomic mass is 35.5. The molecule has 0 saturated carbocycles. The van der Waals surface area contributed by atoms with E-state index in [1.165, 1.54) is 30.5 Å². The van der Waals surface area contributed by atoms with Crippen LogP contribution in [0.4, 0.5) is 18.9 Å². The summed E-state index contributed by atoms with van der Waals surface area (Å²) in [7, 11) is 0. The summed E-state index contributed by atoms with van der Waals surface area (Å²) in [6.07, 6.45) is -3.38. The van der Waals surface area contributed by atoms with Crippen molar-refractivity contribution in [1.29, 1.82) is 0 Å². The Morgan fingerprint density at radius 3 is 2.47 bits per heavy atom. The van der Waals surface area contributed by atoms with Gasteiger partial charge in [-0.2, -0.15) is 23.1 Å². The number of anilines is 1. The largest absolute Gasteiger partial charge is 0.455 e. The zero-order chi connectivity index (χ0) is 27.6. The van der Waals surface area contributed by atoms with Crippen molar-refractivity contribution in [2.45, 2.75) is 19.6 Å². The zero-order valence-corrected chi connectivity index (χ0v) is 21.4. The lowest BCUT2D eigenvalue weighted by Crippen LogP contribution is -2.25. The van der Waals surface area contributed by atoms with Crippen LogP contribution < -0.4 is 10.6 Å². The molecule has 198 valence electrons. The van der Waals surface area contributed by atoms with Gasteiger partial charge in [0, 0.05) is 17.8 Å². The minimum Gasteiger partial charge on any atom is -0.352 e. The lowest BCUT2D eigenvalue weighted by atomic mass is 10.1. The van der Waals surface area contributed by atoms with Crippen LogP contribution in [0.1, 0.15) is 39.3 Å². The summed E-state index contributed by atoms with van der Waals surface area (Å²) < 4.78 is 39.7. The molecule has 0 atom stereocenters. The first-order chi connectivity index (χ1) is 18.0. The van der Waals surface area contributed by atoms with E-state index in [4.69, 9.17) is 34.8 Å². The Bertz CT molecular complexity index is 1520. The van der Waals surface area contributed by atoms with E-state index in [1.807, 2.05) is 0 Å². The minimum absolute atomic E-state index is 0.00588. The van der Waals surface area contributed by atoms with Gasteiger partial charge in [0.05, 0.1) is 27.0 Å². The lowest BCUT2D eigenvalue weighted by Gasteiger charge is -2.14. The minimum atomic E-state index is -4.79. The van der Waals surface area contributed by atoms with Crippen molar-refractivity contribution in [3.05, 3.63) is 74.4 Å². The van der Waals surface area contributed by atoms with Crippen LogP contribution in [0.25, 0.3) is 5.82 Å². The average molecular weight is 589 g/mol. The number of carbonyl (C=O) groups excluding carboxylic acids is 2. The molecule has 17 heteroatoms. The Balaban J connectivity index is 1.74. The summed E-state index contributed by atoms with van der Waals surface area (Å²) in [5.74, 6) is -2.70. The molecule has 0 aliphatic carbocycles. The molecular formula is C21H15Cl3F3N9O2. The van der Waals surface area contributed by atoms with Gasteiger partial charge in [-0.05, 0) is 42.5 Å². The van der Waals surface area contributed by atoms with Crippen molar-refractivity contribution in [1.82, 2.24) is 40.3 Å². The van der Waals surface area contributed by atoms with E-state index in [0.717, 1.165) is 4.68 Å². The van der Waals surface area contributed by atoms with Crippen LogP contribution in [0.5, 0.6) is 0 Å². The first kappa shape index (κ1) is 27.3. The third kappa shape index (κ3) is 5.87. The van der Waals surface area contributed by atoms with E-state index in [2.05, 4.69) is 36.1 Å². The molecular weight excluding hydrogens is 574 g/mol. The smallest absolute Gasteiger partial charge is 0.352 e. The molecule has 0 fully saturated rings. The number of hydrogen-bond acceptors (Lipinski definition) is 7. The van der Waals surface area contributed by atoms with Crippen molar-refractivity contribution in [2.75, 3.05) is 11.9 Å². The van der Waals surface area contributed by atoms with E-state index in [1.54, 1.807) is 13.0 Å². The number of aromatic nitrogens is 7. The maximum absolute atomic E-state index is 13.4. The maximum Gasteiger partial charge on any atom is 0.455 e. The van der Waals surface area contributed by atoms with Crippen molar-refractivity contribution in [2.24, 2.45) is 0 Å². The van der Waals surface area contributed by atoms with E-state index in [-0.39, 0.29) is 50.1 Å². The third-order valence-corrected chi connectivity index (χ3v) is 5.63. The topological polar surface area (TPSA) is 133 Å². The lowest BCUT2D eigenvalue weighted by molar-refractivity contribution is -0.145. The second-order valence-corrected chi connectivity index (χ2v) is 8.76. The van der Waals surface area contributed by atoms with Crippen LogP contribution in [0.3, 0.4) is 0 Å². The number of amides is 2. The van der Waals surface area contributed by atoms with Gasteiger partial charge < -0.3 is 10.6 Å². The first-order valence-electron chi connectivity index (χ1n) is 10.6. The van der Waals surface area contributed by atoms with Gasteiger partial charge in [-0.25, -0.2) is 9.67 Å². The summed E-state index contributed by atoms with van der Waals surface area (Å²) in [4.78, 5) is 30.8. The molecule has 2 N–H and O–H groups in total. The van der Waals surface area contributed by atoms with Gasteiger partial charge in [0.15, 0.2) is 5.82 Å². The quantitative estimate of drug-likeness (QED) is 0.329. The molecule has 0 saturated heterocycles. The zero-order valence-electron chi connectivity index (χ0n) is 19.1. The highest BCUT2D eigenvalue weighted by Crippen LogP contribution is 2.31. The highest BCUT2D eigenvalue weighted by molar-refractivity contribution is 6.38. The average Bonchev–Trinajstić information content (AvgIpc) is 3.49. The van der Waals surface area contributed by atoms with Crippen molar-refractivity contribution in [3.8, 4) is 5.82 Å². The van der Waals surface area contributed by atoms with Crippen LogP contribution in [0, 0.1) is 0 Å². The molecule has 38 heavy (non-hydrogen) atoms. The Labute approximate surface area is 226 Å². The van der Waals surface area contributed by atoms with E-state index >= 15 is 0 Å². The number of tetrazole rings is 1. The molecule has 3 aromatic heterocycles. The molecule has 2 amide bonds. The number of rotatable bonds is 7.